The van der Waals surface area contributed by atoms with Crippen LogP contribution in [-0.2, 0) is 0 Å². The van der Waals surface area contributed by atoms with E-state index in [-0.39, 0.29) is 0 Å². The first kappa shape index (κ1) is 26.0. The van der Waals surface area contributed by atoms with Crippen LogP contribution in [0.15, 0.2) is 144 Å². The highest BCUT2D eigenvalue weighted by Gasteiger charge is 2.28. The molecule has 0 bridgehead atoms. The van der Waals surface area contributed by atoms with Gasteiger partial charge in [0.15, 0.2) is 17.5 Å². The highest BCUT2D eigenvalue weighted by molar-refractivity contribution is 7.26. The Bertz CT molecular complexity index is 2950. The number of hydrogen-bond donors (Lipinski definition) is 0. The predicted octanol–water partition coefficient (Wildman–Crippen LogP) is 11.9. The van der Waals surface area contributed by atoms with Gasteiger partial charge in [0, 0.05) is 53.2 Å². The molecule has 4 nitrogen and oxygen atoms in total. The van der Waals surface area contributed by atoms with Gasteiger partial charge in [-0.3, -0.25) is 0 Å². The SMILES string of the molecule is c1ccc(-c2nc(-c3ccc4oc5ccccc5c4c3)nc(-c3cc4c(c5sc6ccccc6c35)-c3cccc5cccc-4c35)n2)cc1. The van der Waals surface area contributed by atoms with Gasteiger partial charge in [-0.1, -0.05) is 103 Å². The quantitative estimate of drug-likeness (QED) is 0.195. The molecule has 0 amide bonds. The lowest BCUT2D eigenvalue weighted by atomic mass is 9.96. The molecule has 0 saturated heterocycles. The summed E-state index contributed by atoms with van der Waals surface area (Å²) in [6, 6.07) is 48.9. The Morgan fingerprint density at radius 3 is 2.02 bits per heavy atom. The second kappa shape index (κ2) is 9.67. The summed E-state index contributed by atoms with van der Waals surface area (Å²) < 4.78 is 8.67. The fourth-order valence-corrected chi connectivity index (χ4v) is 8.83. The Morgan fingerprint density at radius 2 is 1.15 bits per heavy atom. The van der Waals surface area contributed by atoms with Crippen molar-refractivity contribution in [1.29, 1.82) is 0 Å². The van der Waals surface area contributed by atoms with Crippen molar-refractivity contribution < 1.29 is 4.42 Å². The molecule has 0 saturated carbocycles. The van der Waals surface area contributed by atoms with Crippen molar-refractivity contribution in [2.24, 2.45) is 0 Å². The van der Waals surface area contributed by atoms with Crippen molar-refractivity contribution in [3.63, 3.8) is 0 Å². The summed E-state index contributed by atoms with van der Waals surface area (Å²) in [4.78, 5) is 15.6. The summed E-state index contributed by atoms with van der Waals surface area (Å²) in [5.41, 5.74) is 9.67. The third-order valence-electron chi connectivity index (χ3n) is 9.66. The Balaban J connectivity index is 1.24. The Morgan fingerprint density at radius 1 is 0.438 bits per heavy atom. The average molecular weight is 630 g/mol. The molecule has 11 rings (SSSR count). The summed E-state index contributed by atoms with van der Waals surface area (Å²) in [5, 5.41) is 7.09. The van der Waals surface area contributed by atoms with Gasteiger partial charge in [0.1, 0.15) is 11.2 Å². The van der Waals surface area contributed by atoms with E-state index in [9.17, 15) is 0 Å². The summed E-state index contributed by atoms with van der Waals surface area (Å²) in [6.45, 7) is 0. The van der Waals surface area contributed by atoms with Crippen molar-refractivity contribution in [3.05, 3.63) is 140 Å². The number of hydrogen-bond acceptors (Lipinski definition) is 5. The van der Waals surface area contributed by atoms with Gasteiger partial charge >= 0.3 is 0 Å². The summed E-state index contributed by atoms with van der Waals surface area (Å²) in [7, 11) is 0. The van der Waals surface area contributed by atoms with Crippen molar-refractivity contribution >= 4 is 64.2 Å². The number of rotatable bonds is 3. The number of benzene rings is 7. The van der Waals surface area contributed by atoms with Gasteiger partial charge in [0.05, 0.1) is 0 Å². The van der Waals surface area contributed by atoms with E-state index in [1.54, 1.807) is 0 Å². The first-order valence-electron chi connectivity index (χ1n) is 16.0. The van der Waals surface area contributed by atoms with Crippen molar-refractivity contribution in [3.8, 4) is 56.4 Å². The number of nitrogens with zero attached hydrogens (tertiary/aromatic N) is 3. The second-order valence-corrected chi connectivity index (χ2v) is 13.4. The molecule has 0 N–H and O–H groups in total. The summed E-state index contributed by atoms with van der Waals surface area (Å²) in [5.74, 6) is 1.94. The van der Waals surface area contributed by atoms with Gasteiger partial charge in [-0.05, 0) is 63.9 Å². The Labute approximate surface area is 278 Å². The average Bonchev–Trinajstić information content (AvgIpc) is 3.82. The van der Waals surface area contributed by atoms with E-state index in [0.29, 0.717) is 17.5 Å². The summed E-state index contributed by atoms with van der Waals surface area (Å²) in [6.07, 6.45) is 0. The molecule has 10 aromatic rings. The fourth-order valence-electron chi connectivity index (χ4n) is 7.54. The molecule has 7 aromatic carbocycles. The van der Waals surface area contributed by atoms with Gasteiger partial charge in [0.25, 0.3) is 0 Å². The standard InChI is InChI=1S/C43H23N3OS/c1-2-10-25(11-3-1)41-44-42(26-20-21-35-31(22-26)27-14-4-6-18-34(27)47-35)46-43(45-41)33-23-32-28-16-8-12-24-13-9-17-30(37(24)28)39(32)40-38(33)29-15-5-7-19-36(29)48-40/h1-23H. The van der Waals surface area contributed by atoms with Gasteiger partial charge in [-0.2, -0.15) is 0 Å². The van der Waals surface area contributed by atoms with E-state index < -0.39 is 0 Å². The normalized spacial score (nSPS) is 12.2. The number of thiophene rings is 1. The van der Waals surface area contributed by atoms with Crippen LogP contribution in [0.3, 0.4) is 0 Å². The van der Waals surface area contributed by atoms with E-state index >= 15 is 0 Å². The molecule has 0 aliphatic heterocycles. The third kappa shape index (κ3) is 3.62. The van der Waals surface area contributed by atoms with Crippen molar-refractivity contribution in [2.45, 2.75) is 0 Å². The van der Waals surface area contributed by atoms with Crippen molar-refractivity contribution in [1.82, 2.24) is 15.0 Å². The molecule has 0 atom stereocenters. The Hall–Kier alpha value is -6.17. The predicted molar refractivity (Wildman–Crippen MR) is 198 cm³/mol. The maximum atomic E-state index is 6.15. The lowest BCUT2D eigenvalue weighted by Gasteiger charge is -2.12. The maximum absolute atomic E-state index is 6.15. The molecule has 48 heavy (non-hydrogen) atoms. The van der Waals surface area contributed by atoms with Crippen LogP contribution >= 0.6 is 11.3 Å². The zero-order valence-electron chi connectivity index (χ0n) is 25.4. The molecule has 5 heteroatoms. The number of aromatic nitrogens is 3. The minimum Gasteiger partial charge on any atom is -0.456 e. The first-order valence-corrected chi connectivity index (χ1v) is 16.8. The van der Waals surface area contributed by atoms with Crippen LogP contribution in [0.5, 0.6) is 0 Å². The van der Waals surface area contributed by atoms with Gasteiger partial charge in [-0.15, -0.1) is 11.3 Å². The van der Waals surface area contributed by atoms with E-state index in [1.165, 1.54) is 53.2 Å². The topological polar surface area (TPSA) is 51.8 Å². The van der Waals surface area contributed by atoms with Crippen LogP contribution in [0, 0.1) is 0 Å². The molecule has 0 unspecified atom stereocenters. The zero-order chi connectivity index (χ0) is 31.3. The van der Waals surface area contributed by atoms with Gasteiger partial charge in [-0.25, -0.2) is 15.0 Å². The highest BCUT2D eigenvalue weighted by Crippen LogP contribution is 2.55. The zero-order valence-corrected chi connectivity index (χ0v) is 26.3. The van der Waals surface area contributed by atoms with Crippen LogP contribution in [0.2, 0.25) is 0 Å². The molecule has 1 aliphatic carbocycles. The number of fused-ring (bicyclic) bond motifs is 10. The monoisotopic (exact) mass is 629 g/mol. The molecular formula is C43H23N3OS. The first-order chi connectivity index (χ1) is 23.8. The highest BCUT2D eigenvalue weighted by atomic mass is 32.1. The molecule has 3 heterocycles. The van der Waals surface area contributed by atoms with Crippen LogP contribution < -0.4 is 0 Å². The van der Waals surface area contributed by atoms with E-state index in [2.05, 4.69) is 91.0 Å². The number of para-hydroxylation sites is 1. The van der Waals surface area contributed by atoms with Crippen molar-refractivity contribution in [2.75, 3.05) is 0 Å². The van der Waals surface area contributed by atoms with Crippen LogP contribution in [0.4, 0.5) is 0 Å². The molecule has 1 aliphatic rings. The molecular weight excluding hydrogens is 607 g/mol. The van der Waals surface area contributed by atoms with Crippen LogP contribution in [0.1, 0.15) is 0 Å². The fraction of sp³-hybridized carbons (Fsp3) is 0. The lowest BCUT2D eigenvalue weighted by Crippen LogP contribution is -2.00. The molecule has 3 aromatic heterocycles. The van der Waals surface area contributed by atoms with E-state index in [0.717, 1.165) is 38.6 Å². The minimum atomic E-state index is 0.629. The summed E-state index contributed by atoms with van der Waals surface area (Å²) >= 11 is 1.85. The van der Waals surface area contributed by atoms with E-state index in [1.807, 2.05) is 59.9 Å². The van der Waals surface area contributed by atoms with Gasteiger partial charge in [0.2, 0.25) is 0 Å². The molecule has 0 radical (unpaired) electrons. The molecule has 222 valence electrons. The van der Waals surface area contributed by atoms with E-state index in [4.69, 9.17) is 19.4 Å². The van der Waals surface area contributed by atoms with Crippen LogP contribution in [-0.4, -0.2) is 15.0 Å². The molecule has 0 spiro atoms. The smallest absolute Gasteiger partial charge is 0.164 e. The second-order valence-electron chi connectivity index (χ2n) is 12.3. The largest absolute Gasteiger partial charge is 0.456 e. The van der Waals surface area contributed by atoms with Crippen LogP contribution in [0.25, 0.3) is 109 Å². The number of furan rings is 1. The molecule has 0 fully saturated rings. The maximum Gasteiger partial charge on any atom is 0.164 e. The lowest BCUT2D eigenvalue weighted by molar-refractivity contribution is 0.669. The Kier molecular flexibility index (Phi) is 5.23. The van der Waals surface area contributed by atoms with Gasteiger partial charge < -0.3 is 4.42 Å². The third-order valence-corrected chi connectivity index (χ3v) is 10.8. The minimum absolute atomic E-state index is 0.629.